The minimum atomic E-state index is 0.230. The number of hydrogen-bond acceptors (Lipinski definition) is 2. The molecule has 0 aromatic carbocycles. The molecule has 0 radical (unpaired) electrons. The van der Waals surface area contributed by atoms with Gasteiger partial charge in [-0.1, -0.05) is 18.5 Å². The van der Waals surface area contributed by atoms with E-state index in [4.69, 9.17) is 4.84 Å². The summed E-state index contributed by atoms with van der Waals surface area (Å²) in [5.74, 6) is 0.818. The standard InChI is InChI=1S/C9H20N2O/c1-5-6-7-8(2)12-11-9(3)10-4/h8H,5-7H2,1-4H3,(H,10,11). The Labute approximate surface area is 75.2 Å². The molecule has 0 aliphatic rings. The van der Waals surface area contributed by atoms with Gasteiger partial charge in [-0.15, -0.1) is 0 Å². The molecule has 0 saturated heterocycles. The number of oxime groups is 1. The zero-order valence-electron chi connectivity index (χ0n) is 8.55. The molecule has 1 N–H and O–H groups in total. The van der Waals surface area contributed by atoms with Crippen molar-refractivity contribution in [1.82, 2.24) is 5.32 Å². The Morgan fingerprint density at radius 1 is 1.58 bits per heavy atom. The van der Waals surface area contributed by atoms with Gasteiger partial charge in [0.05, 0.1) is 0 Å². The van der Waals surface area contributed by atoms with Gasteiger partial charge in [-0.2, -0.15) is 0 Å². The van der Waals surface area contributed by atoms with Crippen molar-refractivity contribution in [3.63, 3.8) is 0 Å². The Kier molecular flexibility index (Phi) is 6.53. The lowest BCUT2D eigenvalue weighted by Gasteiger charge is -2.08. The summed E-state index contributed by atoms with van der Waals surface area (Å²) in [4.78, 5) is 5.22. The molecule has 0 bridgehead atoms. The molecule has 12 heavy (non-hydrogen) atoms. The molecule has 0 aromatic heterocycles. The van der Waals surface area contributed by atoms with Crippen LogP contribution in [0.15, 0.2) is 5.16 Å². The van der Waals surface area contributed by atoms with E-state index < -0.39 is 0 Å². The van der Waals surface area contributed by atoms with Crippen LogP contribution >= 0.6 is 0 Å². The lowest BCUT2D eigenvalue weighted by atomic mass is 10.2. The van der Waals surface area contributed by atoms with E-state index in [0.717, 1.165) is 12.3 Å². The summed E-state index contributed by atoms with van der Waals surface area (Å²) in [6.45, 7) is 6.10. The predicted octanol–water partition coefficient (Wildman–Crippen LogP) is 2.13. The van der Waals surface area contributed by atoms with Gasteiger partial charge in [-0.05, 0) is 26.7 Å². The van der Waals surface area contributed by atoms with Crippen molar-refractivity contribution in [2.24, 2.45) is 5.16 Å². The predicted molar refractivity (Wildman–Crippen MR) is 52.2 cm³/mol. The van der Waals surface area contributed by atoms with E-state index in [-0.39, 0.29) is 6.10 Å². The summed E-state index contributed by atoms with van der Waals surface area (Å²) in [7, 11) is 1.83. The molecule has 0 aromatic rings. The molecule has 0 fully saturated rings. The SMILES string of the molecule is CCCCC(C)O/N=C(/C)NC. The van der Waals surface area contributed by atoms with Crippen LogP contribution in [-0.4, -0.2) is 19.0 Å². The topological polar surface area (TPSA) is 33.6 Å². The minimum absolute atomic E-state index is 0.230. The summed E-state index contributed by atoms with van der Waals surface area (Å²) in [6.07, 6.45) is 3.72. The summed E-state index contributed by atoms with van der Waals surface area (Å²) in [5.41, 5.74) is 0. The lowest BCUT2D eigenvalue weighted by Crippen LogP contribution is -2.15. The largest absolute Gasteiger partial charge is 0.391 e. The fourth-order valence-electron chi connectivity index (χ4n) is 0.759. The lowest BCUT2D eigenvalue weighted by molar-refractivity contribution is 0.0639. The van der Waals surface area contributed by atoms with Gasteiger partial charge in [-0.3, -0.25) is 0 Å². The molecule has 0 aliphatic heterocycles. The Hall–Kier alpha value is -0.730. The second kappa shape index (κ2) is 6.95. The third kappa shape index (κ3) is 6.01. The fourth-order valence-corrected chi connectivity index (χ4v) is 0.759. The number of nitrogens with one attached hydrogen (secondary N) is 1. The average Bonchev–Trinajstić information content (AvgIpc) is 2.10. The molecule has 0 rings (SSSR count). The van der Waals surface area contributed by atoms with Crippen molar-refractivity contribution in [2.75, 3.05) is 7.05 Å². The first-order chi connectivity index (χ1) is 5.70. The van der Waals surface area contributed by atoms with Crippen molar-refractivity contribution in [2.45, 2.75) is 46.1 Å². The van der Waals surface area contributed by atoms with Crippen molar-refractivity contribution >= 4 is 5.84 Å². The maximum absolute atomic E-state index is 5.22. The van der Waals surface area contributed by atoms with Crippen LogP contribution in [0.2, 0.25) is 0 Å². The second-order valence-electron chi connectivity index (χ2n) is 2.98. The van der Waals surface area contributed by atoms with Crippen LogP contribution in [-0.2, 0) is 4.84 Å². The van der Waals surface area contributed by atoms with Crippen LogP contribution in [0.5, 0.6) is 0 Å². The first-order valence-electron chi connectivity index (χ1n) is 4.58. The molecule has 3 nitrogen and oxygen atoms in total. The number of nitrogens with zero attached hydrogens (tertiary/aromatic N) is 1. The van der Waals surface area contributed by atoms with Crippen LogP contribution in [0.4, 0.5) is 0 Å². The maximum Gasteiger partial charge on any atom is 0.138 e. The van der Waals surface area contributed by atoms with Crippen molar-refractivity contribution in [3.8, 4) is 0 Å². The highest BCUT2D eigenvalue weighted by molar-refractivity contribution is 5.78. The molecule has 0 aliphatic carbocycles. The average molecular weight is 172 g/mol. The molecule has 0 amide bonds. The van der Waals surface area contributed by atoms with Crippen molar-refractivity contribution in [3.05, 3.63) is 0 Å². The summed E-state index contributed by atoms with van der Waals surface area (Å²) in [6, 6.07) is 0. The van der Waals surface area contributed by atoms with Gasteiger partial charge in [0, 0.05) is 7.05 Å². The van der Waals surface area contributed by atoms with Crippen LogP contribution in [0.3, 0.4) is 0 Å². The number of unbranched alkanes of at least 4 members (excludes halogenated alkanes) is 1. The van der Waals surface area contributed by atoms with E-state index >= 15 is 0 Å². The first kappa shape index (κ1) is 11.3. The molecule has 0 heterocycles. The first-order valence-corrected chi connectivity index (χ1v) is 4.58. The van der Waals surface area contributed by atoms with Gasteiger partial charge in [0.1, 0.15) is 11.9 Å². The number of hydrogen-bond donors (Lipinski definition) is 1. The smallest absolute Gasteiger partial charge is 0.138 e. The third-order valence-corrected chi connectivity index (χ3v) is 1.70. The number of rotatable bonds is 5. The highest BCUT2D eigenvalue weighted by atomic mass is 16.6. The van der Waals surface area contributed by atoms with Gasteiger partial charge in [-0.25, -0.2) is 0 Å². The van der Waals surface area contributed by atoms with Gasteiger partial charge in [0.15, 0.2) is 0 Å². The highest BCUT2D eigenvalue weighted by Crippen LogP contribution is 2.03. The zero-order chi connectivity index (χ0) is 9.40. The Morgan fingerprint density at radius 2 is 2.25 bits per heavy atom. The fraction of sp³-hybridized carbons (Fsp3) is 0.889. The summed E-state index contributed by atoms with van der Waals surface area (Å²) >= 11 is 0. The van der Waals surface area contributed by atoms with Crippen LogP contribution in [0.25, 0.3) is 0 Å². The van der Waals surface area contributed by atoms with E-state index in [1.54, 1.807) is 0 Å². The minimum Gasteiger partial charge on any atom is -0.391 e. The van der Waals surface area contributed by atoms with Gasteiger partial charge < -0.3 is 10.2 Å². The van der Waals surface area contributed by atoms with E-state index in [2.05, 4.69) is 17.4 Å². The molecule has 1 unspecified atom stereocenters. The molecular formula is C9H20N2O. The van der Waals surface area contributed by atoms with Crippen LogP contribution in [0, 0.1) is 0 Å². The summed E-state index contributed by atoms with van der Waals surface area (Å²) in [5, 5.41) is 6.80. The monoisotopic (exact) mass is 172 g/mol. The van der Waals surface area contributed by atoms with Crippen LogP contribution < -0.4 is 5.32 Å². The Balaban J connectivity index is 3.48. The molecule has 0 spiro atoms. The van der Waals surface area contributed by atoms with Gasteiger partial charge in [0.2, 0.25) is 0 Å². The summed E-state index contributed by atoms with van der Waals surface area (Å²) < 4.78 is 0. The van der Waals surface area contributed by atoms with Gasteiger partial charge in [0.25, 0.3) is 0 Å². The molecule has 3 heteroatoms. The van der Waals surface area contributed by atoms with E-state index in [9.17, 15) is 0 Å². The second-order valence-corrected chi connectivity index (χ2v) is 2.98. The molecule has 72 valence electrons. The maximum atomic E-state index is 5.22. The van der Waals surface area contributed by atoms with E-state index in [1.807, 2.05) is 20.9 Å². The Bertz CT molecular complexity index is 134. The molecule has 0 saturated carbocycles. The Morgan fingerprint density at radius 3 is 2.75 bits per heavy atom. The van der Waals surface area contributed by atoms with E-state index in [0.29, 0.717) is 0 Å². The van der Waals surface area contributed by atoms with Gasteiger partial charge >= 0.3 is 0 Å². The molecule has 1 atom stereocenters. The van der Waals surface area contributed by atoms with Crippen LogP contribution in [0.1, 0.15) is 40.0 Å². The van der Waals surface area contributed by atoms with Crippen molar-refractivity contribution < 1.29 is 4.84 Å². The molecular weight excluding hydrogens is 152 g/mol. The van der Waals surface area contributed by atoms with Crippen molar-refractivity contribution in [1.29, 1.82) is 0 Å². The highest BCUT2D eigenvalue weighted by Gasteiger charge is 2.00. The number of amidine groups is 1. The third-order valence-electron chi connectivity index (χ3n) is 1.70. The zero-order valence-corrected chi connectivity index (χ0v) is 8.55. The normalized spacial score (nSPS) is 14.2. The quantitative estimate of drug-likeness (QED) is 0.391. The van der Waals surface area contributed by atoms with E-state index in [1.165, 1.54) is 12.8 Å².